The summed E-state index contributed by atoms with van der Waals surface area (Å²) in [6.07, 6.45) is -2.39. The van der Waals surface area contributed by atoms with Crippen molar-refractivity contribution in [2.45, 2.75) is 43.1 Å². The maximum absolute atomic E-state index is 14.7. The van der Waals surface area contributed by atoms with Gasteiger partial charge < -0.3 is 30.2 Å². The van der Waals surface area contributed by atoms with E-state index in [2.05, 4.69) is 15.5 Å². The molecule has 3 heterocycles. The zero-order chi connectivity index (χ0) is 32.1. The lowest BCUT2D eigenvalue weighted by Gasteiger charge is -2.31. The largest absolute Gasteiger partial charge is 0.490 e. The third kappa shape index (κ3) is 5.45. The summed E-state index contributed by atoms with van der Waals surface area (Å²) in [7, 11) is 0. The van der Waals surface area contributed by atoms with E-state index >= 15 is 0 Å². The van der Waals surface area contributed by atoms with Crippen molar-refractivity contribution < 1.29 is 46.3 Å². The fraction of sp³-hybridized carbons (Fsp3) is 0.290. The van der Waals surface area contributed by atoms with Gasteiger partial charge in [0.2, 0.25) is 11.5 Å². The maximum Gasteiger partial charge on any atom is 0.424 e. The summed E-state index contributed by atoms with van der Waals surface area (Å²) in [6, 6.07) is 11.4. The predicted molar refractivity (Wildman–Crippen MR) is 150 cm³/mol. The molecule has 234 valence electrons. The molecule has 0 bridgehead atoms. The quantitative estimate of drug-likeness (QED) is 0.232. The van der Waals surface area contributed by atoms with Crippen molar-refractivity contribution in [3.8, 4) is 34.1 Å². The lowest BCUT2D eigenvalue weighted by atomic mass is 9.81. The van der Waals surface area contributed by atoms with E-state index in [0.717, 1.165) is 31.0 Å². The van der Waals surface area contributed by atoms with Gasteiger partial charge in [0.25, 0.3) is 5.91 Å². The molecule has 14 heteroatoms. The number of carbonyl (C=O) groups is 2. The normalized spacial score (nSPS) is 18.9. The number of rotatable bonds is 9. The number of pyridine rings is 1. The number of fused-ring (bicyclic) bond motifs is 1. The predicted octanol–water partition coefficient (Wildman–Crippen LogP) is 4.40. The van der Waals surface area contributed by atoms with Gasteiger partial charge in [0.05, 0.1) is 30.1 Å². The average molecular weight is 627 g/mol. The highest BCUT2D eigenvalue weighted by atomic mass is 19.4. The molecule has 2 aromatic carbocycles. The number of aliphatic hydroxyl groups is 1. The van der Waals surface area contributed by atoms with Crippen LogP contribution in [-0.2, 0) is 15.8 Å². The molecular formula is C31H26F4N4O6. The van der Waals surface area contributed by atoms with Crippen LogP contribution in [0.4, 0.5) is 17.6 Å². The summed E-state index contributed by atoms with van der Waals surface area (Å²) < 4.78 is 74.6. The molecule has 1 fully saturated rings. The first-order chi connectivity index (χ1) is 21.3. The first kappa shape index (κ1) is 30.1. The van der Waals surface area contributed by atoms with Crippen LogP contribution in [0.5, 0.6) is 11.5 Å². The number of benzene rings is 2. The number of ether oxygens (including phenoxy) is 2. The molecule has 2 atom stereocenters. The molecule has 4 N–H and O–H groups in total. The number of nitrogens with one attached hydrogen (secondary N) is 1. The monoisotopic (exact) mass is 626 g/mol. The Balaban J connectivity index is 1.37. The number of amides is 2. The summed E-state index contributed by atoms with van der Waals surface area (Å²) in [5.41, 5.74) is -0.230. The molecular weight excluding hydrogens is 600 g/mol. The van der Waals surface area contributed by atoms with Crippen molar-refractivity contribution in [3.05, 3.63) is 83.4 Å². The maximum atomic E-state index is 14.7. The lowest BCUT2D eigenvalue weighted by molar-refractivity contribution is -0.265. The van der Waals surface area contributed by atoms with Crippen LogP contribution in [0.1, 0.15) is 41.4 Å². The molecule has 1 saturated carbocycles. The molecule has 1 aliphatic heterocycles. The van der Waals surface area contributed by atoms with E-state index < -0.39 is 47.1 Å². The van der Waals surface area contributed by atoms with E-state index in [1.807, 2.05) is 0 Å². The summed E-state index contributed by atoms with van der Waals surface area (Å²) >= 11 is 0. The summed E-state index contributed by atoms with van der Waals surface area (Å²) in [5.74, 6) is -1.81. The standard InChI is InChI=1S/C31H26F4N4O6/c1-29(28(36)41)15-43-26-21(29)13-24(39-25(26)16-2-5-18(32)6-3-16)30(42,31(33,34)35)14-37-27(40)17-4-9-20(22-10-11-38-45-22)23(12-17)44-19-7-8-19/h2-6,9-13,19,42H,7-8,14-15H2,1H3,(H2,36,41)(H,37,40)/t29-,30?/m0/s1. The second kappa shape index (κ2) is 10.9. The van der Waals surface area contributed by atoms with Gasteiger partial charge in [-0.05, 0) is 68.3 Å². The third-order valence-electron chi connectivity index (χ3n) is 7.90. The number of carbonyl (C=O) groups excluding carboxylic acids is 2. The van der Waals surface area contributed by atoms with Crippen molar-refractivity contribution >= 4 is 11.8 Å². The van der Waals surface area contributed by atoms with E-state index in [-0.39, 0.29) is 46.6 Å². The van der Waals surface area contributed by atoms with Crippen LogP contribution in [0.3, 0.4) is 0 Å². The van der Waals surface area contributed by atoms with Crippen molar-refractivity contribution in [1.82, 2.24) is 15.5 Å². The van der Waals surface area contributed by atoms with E-state index in [1.165, 1.54) is 43.5 Å². The number of aromatic nitrogens is 2. The van der Waals surface area contributed by atoms with Gasteiger partial charge >= 0.3 is 6.18 Å². The van der Waals surface area contributed by atoms with E-state index in [9.17, 15) is 32.3 Å². The number of hydrogen-bond acceptors (Lipinski definition) is 8. The van der Waals surface area contributed by atoms with Gasteiger partial charge in [-0.15, -0.1) is 0 Å². The molecule has 2 amide bonds. The van der Waals surface area contributed by atoms with Crippen molar-refractivity contribution in [2.24, 2.45) is 5.73 Å². The van der Waals surface area contributed by atoms with Crippen molar-refractivity contribution in [1.29, 1.82) is 0 Å². The minimum absolute atomic E-state index is 0.0322. The molecule has 0 saturated heterocycles. The molecule has 45 heavy (non-hydrogen) atoms. The molecule has 0 radical (unpaired) electrons. The van der Waals surface area contributed by atoms with Crippen LogP contribution < -0.4 is 20.5 Å². The summed E-state index contributed by atoms with van der Waals surface area (Å²) in [5, 5.41) is 17.1. The molecule has 6 rings (SSSR count). The second-order valence-corrected chi connectivity index (χ2v) is 11.2. The Bertz CT molecular complexity index is 1780. The van der Waals surface area contributed by atoms with Gasteiger partial charge in [0.15, 0.2) is 5.76 Å². The van der Waals surface area contributed by atoms with Gasteiger partial charge in [-0.3, -0.25) is 9.59 Å². The van der Waals surface area contributed by atoms with Gasteiger partial charge in [0, 0.05) is 22.8 Å². The highest BCUT2D eigenvalue weighted by Crippen LogP contribution is 2.47. The Morgan fingerprint density at radius 1 is 1.13 bits per heavy atom. The topological polar surface area (TPSA) is 150 Å². The van der Waals surface area contributed by atoms with Crippen LogP contribution >= 0.6 is 0 Å². The molecule has 2 aliphatic rings. The van der Waals surface area contributed by atoms with Crippen molar-refractivity contribution in [2.75, 3.05) is 13.2 Å². The van der Waals surface area contributed by atoms with Crippen LogP contribution in [0.25, 0.3) is 22.6 Å². The number of nitrogens with two attached hydrogens (primary N) is 1. The molecule has 1 unspecified atom stereocenters. The number of primary amides is 1. The number of nitrogens with zero attached hydrogens (tertiary/aromatic N) is 2. The number of halogens is 4. The Hall–Kier alpha value is -4.98. The fourth-order valence-electron chi connectivity index (χ4n) is 4.93. The molecule has 1 aliphatic carbocycles. The Morgan fingerprint density at radius 3 is 2.49 bits per heavy atom. The van der Waals surface area contributed by atoms with Gasteiger partial charge in [-0.25, -0.2) is 9.37 Å². The zero-order valence-electron chi connectivity index (χ0n) is 23.7. The van der Waals surface area contributed by atoms with Crippen LogP contribution in [0.2, 0.25) is 0 Å². The van der Waals surface area contributed by atoms with Crippen LogP contribution in [-0.4, -0.2) is 52.5 Å². The summed E-state index contributed by atoms with van der Waals surface area (Å²) in [4.78, 5) is 29.7. The fourth-order valence-corrected chi connectivity index (χ4v) is 4.93. The Kier molecular flexibility index (Phi) is 7.26. The highest BCUT2D eigenvalue weighted by molar-refractivity contribution is 5.95. The first-order valence-corrected chi connectivity index (χ1v) is 13.8. The second-order valence-electron chi connectivity index (χ2n) is 11.2. The number of alkyl halides is 3. The van der Waals surface area contributed by atoms with E-state index in [0.29, 0.717) is 11.3 Å². The molecule has 4 aromatic rings. The Labute approximate surface area is 253 Å². The van der Waals surface area contributed by atoms with Gasteiger partial charge in [0.1, 0.15) is 35.0 Å². The molecule has 2 aromatic heterocycles. The zero-order valence-corrected chi connectivity index (χ0v) is 23.7. The molecule has 0 spiro atoms. The summed E-state index contributed by atoms with van der Waals surface area (Å²) in [6.45, 7) is -0.258. The Morgan fingerprint density at radius 2 is 1.87 bits per heavy atom. The van der Waals surface area contributed by atoms with Crippen LogP contribution in [0.15, 0.2) is 65.3 Å². The van der Waals surface area contributed by atoms with Gasteiger partial charge in [-0.1, -0.05) is 5.16 Å². The van der Waals surface area contributed by atoms with Crippen LogP contribution in [0, 0.1) is 5.82 Å². The minimum atomic E-state index is -5.36. The lowest BCUT2D eigenvalue weighted by Crippen LogP contribution is -2.51. The molecule has 10 nitrogen and oxygen atoms in total. The average Bonchev–Trinajstić information content (AvgIpc) is 3.51. The smallest absolute Gasteiger partial charge is 0.424 e. The third-order valence-corrected chi connectivity index (χ3v) is 7.90. The van der Waals surface area contributed by atoms with Gasteiger partial charge in [-0.2, -0.15) is 13.2 Å². The number of hydrogen-bond donors (Lipinski definition) is 3. The first-order valence-electron chi connectivity index (χ1n) is 13.8. The van der Waals surface area contributed by atoms with Crippen molar-refractivity contribution in [3.63, 3.8) is 0 Å². The highest BCUT2D eigenvalue weighted by Gasteiger charge is 2.57. The minimum Gasteiger partial charge on any atom is -0.490 e. The van der Waals surface area contributed by atoms with E-state index in [1.54, 1.807) is 6.07 Å². The SMILES string of the molecule is C[C@]1(C(N)=O)COc2c1cc(C(O)(CNC(=O)c1ccc(-c3ccno3)c(OC3CC3)c1)C(F)(F)F)nc2-c1ccc(F)cc1. The van der Waals surface area contributed by atoms with E-state index in [4.69, 9.17) is 19.7 Å².